The number of anilines is 4. The second-order valence-electron chi connectivity index (χ2n) is 10.4. The normalized spacial score (nSPS) is 15.9. The summed E-state index contributed by atoms with van der Waals surface area (Å²) in [5.41, 5.74) is 2.32. The molecule has 0 atom stereocenters. The van der Waals surface area contributed by atoms with Crippen molar-refractivity contribution in [3.63, 3.8) is 0 Å². The summed E-state index contributed by atoms with van der Waals surface area (Å²) in [7, 11) is 1.70. The van der Waals surface area contributed by atoms with E-state index in [-0.39, 0.29) is 18.1 Å². The van der Waals surface area contributed by atoms with Crippen molar-refractivity contribution in [1.82, 2.24) is 9.88 Å². The van der Waals surface area contributed by atoms with Gasteiger partial charge >= 0.3 is 12.2 Å². The molecule has 3 heterocycles. The zero-order chi connectivity index (χ0) is 29.9. The van der Waals surface area contributed by atoms with Crippen molar-refractivity contribution in [2.24, 2.45) is 0 Å². The lowest BCUT2D eigenvalue weighted by atomic mass is 10.1. The number of urea groups is 1. The Bertz CT molecular complexity index is 1460. The van der Waals surface area contributed by atoms with Crippen molar-refractivity contribution in [3.8, 4) is 0 Å². The summed E-state index contributed by atoms with van der Waals surface area (Å²) in [5.74, 6) is 0.0109. The number of rotatable bonds is 8. The van der Waals surface area contributed by atoms with E-state index in [9.17, 15) is 22.8 Å². The number of ether oxygens (including phenoxy) is 1. The van der Waals surface area contributed by atoms with E-state index >= 15 is 0 Å². The molecule has 2 aromatic carbocycles. The smallest absolute Gasteiger partial charge is 0.379 e. The summed E-state index contributed by atoms with van der Waals surface area (Å²) < 4.78 is 44.7. The van der Waals surface area contributed by atoms with Crippen molar-refractivity contribution in [2.45, 2.75) is 26.1 Å². The van der Waals surface area contributed by atoms with Gasteiger partial charge in [-0.25, -0.2) is 9.78 Å². The van der Waals surface area contributed by atoms with Crippen LogP contribution in [0.25, 0.3) is 0 Å². The van der Waals surface area contributed by atoms with Gasteiger partial charge in [0, 0.05) is 55.8 Å². The van der Waals surface area contributed by atoms with Crippen LogP contribution in [0.4, 0.5) is 40.8 Å². The maximum Gasteiger partial charge on any atom is 0.416 e. The number of carbonyl (C=O) groups excluding carboxylic acids is 2. The van der Waals surface area contributed by atoms with Gasteiger partial charge in [0.25, 0.3) is 5.91 Å². The highest BCUT2D eigenvalue weighted by Crippen LogP contribution is 2.35. The van der Waals surface area contributed by atoms with Crippen molar-refractivity contribution in [3.05, 3.63) is 77.0 Å². The fourth-order valence-electron chi connectivity index (χ4n) is 5.08. The third-order valence-electron chi connectivity index (χ3n) is 7.44. The number of fused-ring (bicyclic) bond motifs is 1. The van der Waals surface area contributed by atoms with E-state index in [2.05, 4.69) is 20.5 Å². The highest BCUT2D eigenvalue weighted by molar-refractivity contribution is 6.08. The first kappa shape index (κ1) is 29.3. The van der Waals surface area contributed by atoms with Crippen LogP contribution >= 0.6 is 0 Å². The summed E-state index contributed by atoms with van der Waals surface area (Å²) in [4.78, 5) is 36.3. The Balaban J connectivity index is 1.26. The Morgan fingerprint density at radius 2 is 1.86 bits per heavy atom. The average molecular weight is 583 g/mol. The van der Waals surface area contributed by atoms with Crippen molar-refractivity contribution in [2.75, 3.05) is 66.9 Å². The van der Waals surface area contributed by atoms with Crippen LogP contribution in [0, 0.1) is 6.92 Å². The van der Waals surface area contributed by atoms with E-state index in [1.165, 1.54) is 12.1 Å². The van der Waals surface area contributed by atoms with Crippen LogP contribution in [0.1, 0.15) is 33.5 Å². The number of benzene rings is 2. The lowest BCUT2D eigenvalue weighted by Gasteiger charge is -2.36. The van der Waals surface area contributed by atoms with Crippen molar-refractivity contribution in [1.29, 1.82) is 0 Å². The molecule has 42 heavy (non-hydrogen) atoms. The van der Waals surface area contributed by atoms with E-state index < -0.39 is 17.6 Å². The van der Waals surface area contributed by atoms with E-state index in [0.29, 0.717) is 17.2 Å². The van der Waals surface area contributed by atoms with Crippen LogP contribution in [0.3, 0.4) is 0 Å². The number of nitrogens with one attached hydrogen (secondary N) is 2. The van der Waals surface area contributed by atoms with Crippen molar-refractivity contribution >= 4 is 34.8 Å². The third kappa shape index (κ3) is 6.66. The maximum atomic E-state index is 13.5. The molecule has 3 amide bonds. The summed E-state index contributed by atoms with van der Waals surface area (Å²) in [6, 6.07) is 10.9. The number of hydrogen-bond acceptors (Lipinski definition) is 6. The number of carbonyl (C=O) groups is 2. The van der Waals surface area contributed by atoms with Gasteiger partial charge in [-0.3, -0.25) is 19.5 Å². The molecular weight excluding hydrogens is 549 g/mol. The van der Waals surface area contributed by atoms with Gasteiger partial charge in [-0.05, 0) is 55.8 Å². The van der Waals surface area contributed by atoms with Crippen LogP contribution in [0.5, 0.6) is 0 Å². The molecule has 0 spiro atoms. The lowest BCUT2D eigenvalue weighted by molar-refractivity contribution is -0.137. The molecule has 2 N–H and O–H groups in total. The van der Waals surface area contributed by atoms with E-state index in [4.69, 9.17) is 4.74 Å². The van der Waals surface area contributed by atoms with Crippen LogP contribution < -0.4 is 20.4 Å². The summed E-state index contributed by atoms with van der Waals surface area (Å²) in [6.07, 6.45) is -1.84. The van der Waals surface area contributed by atoms with Crippen LogP contribution in [0.2, 0.25) is 0 Å². The molecule has 3 aromatic rings. The number of hydrogen-bond donors (Lipinski definition) is 2. The lowest BCUT2D eigenvalue weighted by Crippen LogP contribution is -2.45. The summed E-state index contributed by atoms with van der Waals surface area (Å²) in [5, 5.41) is 6.00. The Kier molecular flexibility index (Phi) is 8.64. The Morgan fingerprint density at radius 3 is 2.62 bits per heavy atom. The van der Waals surface area contributed by atoms with Gasteiger partial charge in [0.05, 0.1) is 36.7 Å². The van der Waals surface area contributed by atoms with Crippen molar-refractivity contribution < 1.29 is 27.5 Å². The molecule has 12 heteroatoms. The van der Waals surface area contributed by atoms with Gasteiger partial charge in [-0.15, -0.1) is 0 Å². The predicted octanol–water partition coefficient (Wildman–Crippen LogP) is 5.37. The molecule has 2 aliphatic heterocycles. The van der Waals surface area contributed by atoms with E-state index in [0.717, 1.165) is 74.8 Å². The minimum absolute atomic E-state index is 0.119. The molecule has 5 rings (SSSR count). The Hall–Kier alpha value is -4.16. The topological polar surface area (TPSA) is 90.0 Å². The molecule has 0 saturated carbocycles. The minimum Gasteiger partial charge on any atom is -0.379 e. The Morgan fingerprint density at radius 1 is 1.07 bits per heavy atom. The first-order valence-electron chi connectivity index (χ1n) is 13.8. The van der Waals surface area contributed by atoms with Gasteiger partial charge in [0.15, 0.2) is 0 Å². The predicted molar refractivity (Wildman–Crippen MR) is 155 cm³/mol. The number of morpholine rings is 1. The zero-order valence-electron chi connectivity index (χ0n) is 23.5. The number of nitrogens with zero attached hydrogens (tertiary/aromatic N) is 4. The van der Waals surface area contributed by atoms with Crippen LogP contribution in [0.15, 0.2) is 54.7 Å². The van der Waals surface area contributed by atoms with Gasteiger partial charge in [-0.2, -0.15) is 13.2 Å². The van der Waals surface area contributed by atoms with Crippen LogP contribution in [-0.2, 0) is 17.5 Å². The van der Waals surface area contributed by atoms with Gasteiger partial charge in [0.2, 0.25) is 0 Å². The second kappa shape index (κ2) is 12.4. The SMILES string of the molecule is Cc1ccc(NC(=O)c2cccc(C(F)(F)F)c2)cc1N1Cc2cnc(NCCCN3CCOCC3)cc2N(C)C1=O. The largest absolute Gasteiger partial charge is 0.416 e. The van der Waals surface area contributed by atoms with Crippen LogP contribution in [-0.4, -0.2) is 68.3 Å². The molecule has 1 fully saturated rings. The molecule has 0 aliphatic carbocycles. The molecule has 1 saturated heterocycles. The first-order chi connectivity index (χ1) is 20.1. The average Bonchev–Trinajstić information content (AvgIpc) is 2.98. The van der Waals surface area contributed by atoms with Gasteiger partial charge in [-0.1, -0.05) is 12.1 Å². The number of halogens is 3. The number of amides is 3. The maximum absolute atomic E-state index is 13.5. The first-order valence-corrected chi connectivity index (χ1v) is 13.8. The molecule has 9 nitrogen and oxygen atoms in total. The summed E-state index contributed by atoms with van der Waals surface area (Å²) >= 11 is 0. The van der Waals surface area contributed by atoms with E-state index in [1.54, 1.807) is 41.2 Å². The van der Waals surface area contributed by atoms with Gasteiger partial charge in [0.1, 0.15) is 5.82 Å². The quantitative estimate of drug-likeness (QED) is 0.347. The highest BCUT2D eigenvalue weighted by Gasteiger charge is 2.32. The number of alkyl halides is 3. The fraction of sp³-hybridized carbons (Fsp3) is 0.367. The minimum atomic E-state index is -4.56. The molecular formula is C30H33F3N6O3. The second-order valence-corrected chi connectivity index (χ2v) is 10.4. The molecule has 0 radical (unpaired) electrons. The molecule has 0 unspecified atom stereocenters. The number of pyridine rings is 1. The van der Waals surface area contributed by atoms with E-state index in [1.807, 2.05) is 13.0 Å². The molecule has 222 valence electrons. The molecule has 1 aromatic heterocycles. The molecule has 0 bridgehead atoms. The standard InChI is InChI=1S/C30H33F3N6O3/c1-20-7-8-24(36-28(40)21-5-3-6-23(15-21)30(31,32)33)16-25(20)39-19-22-18-35-27(17-26(22)37(2)29(39)41)34-9-4-10-38-11-13-42-14-12-38/h3,5-8,15-18H,4,9-14,19H2,1-2H3,(H,34,35)(H,36,40). The monoisotopic (exact) mass is 582 g/mol. The number of aromatic nitrogens is 1. The summed E-state index contributed by atoms with van der Waals surface area (Å²) in [6.45, 7) is 7.30. The zero-order valence-corrected chi connectivity index (χ0v) is 23.5. The highest BCUT2D eigenvalue weighted by atomic mass is 19.4. The molecule has 2 aliphatic rings. The fourth-order valence-corrected chi connectivity index (χ4v) is 5.08. The Labute approximate surface area is 242 Å². The van der Waals surface area contributed by atoms with Gasteiger partial charge < -0.3 is 15.4 Å². The number of aryl methyl sites for hydroxylation is 1. The third-order valence-corrected chi connectivity index (χ3v) is 7.44.